The second-order valence-corrected chi connectivity index (χ2v) is 10.6. The van der Waals surface area contributed by atoms with Crippen LogP contribution in [0.25, 0.3) is 11.1 Å². The first kappa shape index (κ1) is 18.3. The number of aryl methyl sites for hydroxylation is 1. The lowest BCUT2D eigenvalue weighted by Crippen LogP contribution is -2.51. The minimum absolute atomic E-state index is 0.192. The monoisotopic (exact) mass is 404 g/mol. The summed E-state index contributed by atoms with van der Waals surface area (Å²) in [5.41, 5.74) is 4.12. The predicted octanol–water partition coefficient (Wildman–Crippen LogP) is 5.58. The fourth-order valence-electron chi connectivity index (χ4n) is 4.17. The molecule has 0 N–H and O–H groups in total. The Hall–Kier alpha value is -1.08. The van der Waals surface area contributed by atoms with E-state index in [1.54, 1.807) is 20.7 Å². The molecule has 4 rings (SSSR count). The lowest BCUT2D eigenvalue weighted by Gasteiger charge is -2.44. The largest absolute Gasteiger partial charge is 0.300 e. The fourth-order valence-corrected chi connectivity index (χ4v) is 7.45. The Bertz CT molecular complexity index is 906. The van der Waals surface area contributed by atoms with Gasteiger partial charge in [0.2, 0.25) is 5.91 Å². The maximum atomic E-state index is 13.4. The highest BCUT2D eigenvalue weighted by atomic mass is 32.9. The zero-order valence-electron chi connectivity index (χ0n) is 15.5. The highest BCUT2D eigenvalue weighted by Gasteiger charge is 2.43. The molecule has 138 valence electrons. The van der Waals surface area contributed by atoms with Gasteiger partial charge in [-0.2, -0.15) is 0 Å². The van der Waals surface area contributed by atoms with Crippen LogP contribution in [0.15, 0.2) is 18.2 Å². The number of anilines is 1. The molecule has 0 spiro atoms. The summed E-state index contributed by atoms with van der Waals surface area (Å²) in [6.45, 7) is 8.97. The first-order valence-electron chi connectivity index (χ1n) is 9.19. The van der Waals surface area contributed by atoms with Crippen molar-refractivity contribution in [3.8, 4) is 11.1 Å². The molecule has 1 saturated heterocycles. The third kappa shape index (κ3) is 2.97. The molecule has 0 unspecified atom stereocenters. The lowest BCUT2D eigenvalue weighted by molar-refractivity contribution is -0.121. The molecule has 1 aromatic heterocycles. The molecule has 0 bridgehead atoms. The molecule has 1 fully saturated rings. The molecular formula is C20H24N2OS3. The highest BCUT2D eigenvalue weighted by Crippen LogP contribution is 2.52. The van der Waals surface area contributed by atoms with Gasteiger partial charge in [-0.1, -0.05) is 50.9 Å². The molecule has 1 amide bonds. The fraction of sp³-hybridized carbons (Fsp3) is 0.500. The molecule has 0 radical (unpaired) electrons. The van der Waals surface area contributed by atoms with E-state index in [9.17, 15) is 4.79 Å². The van der Waals surface area contributed by atoms with Gasteiger partial charge in [0.1, 0.15) is 3.82 Å². The number of hydrogen-bond acceptors (Lipinski definition) is 5. The van der Waals surface area contributed by atoms with Crippen molar-refractivity contribution in [2.45, 2.75) is 45.6 Å². The van der Waals surface area contributed by atoms with Crippen molar-refractivity contribution >= 4 is 44.5 Å². The summed E-state index contributed by atoms with van der Waals surface area (Å²) in [4.78, 5) is 19.0. The van der Waals surface area contributed by atoms with Gasteiger partial charge in [0, 0.05) is 11.1 Å². The Morgan fingerprint density at radius 3 is 2.65 bits per heavy atom. The van der Waals surface area contributed by atoms with E-state index >= 15 is 0 Å². The molecule has 2 aromatic rings. The molecule has 2 aliphatic heterocycles. The van der Waals surface area contributed by atoms with E-state index in [4.69, 9.17) is 12.2 Å². The summed E-state index contributed by atoms with van der Waals surface area (Å²) in [6, 6.07) is 6.38. The maximum absolute atomic E-state index is 13.4. The standard InChI is InChI=1S/C20H24N2OS3/c1-13-7-8-15-14(11-13)17-18(25-26-19(17)24)20(2,3)22(15)16(23)12-21-9-5-4-6-10-21/h7-8,11H,4-6,9-10,12H2,1-3H3. The average Bonchev–Trinajstić information content (AvgIpc) is 2.99. The Kier molecular flexibility index (Phi) is 4.80. The van der Waals surface area contributed by atoms with E-state index in [1.165, 1.54) is 35.3 Å². The van der Waals surface area contributed by atoms with Gasteiger partial charge in [-0.3, -0.25) is 9.69 Å². The first-order chi connectivity index (χ1) is 12.4. The summed E-state index contributed by atoms with van der Waals surface area (Å²) in [5.74, 6) is 0.192. The van der Waals surface area contributed by atoms with Gasteiger partial charge < -0.3 is 4.90 Å². The van der Waals surface area contributed by atoms with Crippen LogP contribution in [0, 0.1) is 10.7 Å². The minimum atomic E-state index is -0.372. The van der Waals surface area contributed by atoms with Crippen LogP contribution in [0.4, 0.5) is 5.69 Å². The van der Waals surface area contributed by atoms with Crippen molar-refractivity contribution in [1.82, 2.24) is 4.90 Å². The van der Waals surface area contributed by atoms with Crippen LogP contribution in [-0.4, -0.2) is 30.4 Å². The summed E-state index contributed by atoms with van der Waals surface area (Å²) in [6.07, 6.45) is 3.68. The normalized spacial score (nSPS) is 19.1. The van der Waals surface area contributed by atoms with Crippen molar-refractivity contribution in [3.63, 3.8) is 0 Å². The Balaban J connectivity index is 1.79. The molecular weight excluding hydrogens is 380 g/mol. The maximum Gasteiger partial charge on any atom is 0.241 e. The van der Waals surface area contributed by atoms with Crippen molar-refractivity contribution < 1.29 is 4.79 Å². The minimum Gasteiger partial charge on any atom is -0.300 e. The van der Waals surface area contributed by atoms with Gasteiger partial charge in [0.15, 0.2) is 0 Å². The molecule has 2 aliphatic rings. The number of carbonyl (C=O) groups is 1. The zero-order chi connectivity index (χ0) is 18.5. The summed E-state index contributed by atoms with van der Waals surface area (Å²) in [5, 5.41) is 0. The van der Waals surface area contributed by atoms with Gasteiger partial charge in [0.25, 0.3) is 0 Å². The van der Waals surface area contributed by atoms with Gasteiger partial charge >= 0.3 is 0 Å². The van der Waals surface area contributed by atoms with Crippen molar-refractivity contribution in [2.24, 2.45) is 0 Å². The molecule has 0 atom stereocenters. The topological polar surface area (TPSA) is 23.6 Å². The number of hydrogen-bond donors (Lipinski definition) is 0. The van der Waals surface area contributed by atoms with E-state index in [0.717, 1.165) is 28.2 Å². The van der Waals surface area contributed by atoms with Crippen LogP contribution in [0.5, 0.6) is 0 Å². The number of likely N-dealkylation sites (tertiary alicyclic amines) is 1. The second-order valence-electron chi connectivity index (χ2n) is 7.80. The smallest absolute Gasteiger partial charge is 0.241 e. The van der Waals surface area contributed by atoms with E-state index in [0.29, 0.717) is 6.54 Å². The van der Waals surface area contributed by atoms with E-state index in [-0.39, 0.29) is 11.4 Å². The van der Waals surface area contributed by atoms with Gasteiger partial charge in [-0.25, -0.2) is 0 Å². The Morgan fingerprint density at radius 2 is 1.92 bits per heavy atom. The van der Waals surface area contributed by atoms with E-state index in [1.807, 2.05) is 4.90 Å². The van der Waals surface area contributed by atoms with Gasteiger partial charge in [-0.15, -0.1) is 0 Å². The van der Waals surface area contributed by atoms with Crippen LogP contribution in [-0.2, 0) is 10.3 Å². The number of piperidine rings is 1. The molecule has 26 heavy (non-hydrogen) atoms. The van der Waals surface area contributed by atoms with Crippen LogP contribution >= 0.6 is 32.9 Å². The molecule has 3 nitrogen and oxygen atoms in total. The lowest BCUT2D eigenvalue weighted by atomic mass is 9.86. The number of fused-ring (bicyclic) bond motifs is 3. The zero-order valence-corrected chi connectivity index (χ0v) is 18.0. The number of nitrogens with zero attached hydrogens (tertiary/aromatic N) is 2. The van der Waals surface area contributed by atoms with Gasteiger partial charge in [-0.05, 0) is 58.8 Å². The highest BCUT2D eigenvalue weighted by molar-refractivity contribution is 7.80. The molecule has 0 aliphatic carbocycles. The third-order valence-electron chi connectivity index (χ3n) is 5.47. The number of amides is 1. The van der Waals surface area contributed by atoms with Crippen molar-refractivity contribution in [1.29, 1.82) is 0 Å². The summed E-state index contributed by atoms with van der Waals surface area (Å²) < 4.78 is 0.938. The Morgan fingerprint density at radius 1 is 1.19 bits per heavy atom. The van der Waals surface area contributed by atoms with E-state index < -0.39 is 0 Å². The van der Waals surface area contributed by atoms with Crippen LogP contribution in [0.2, 0.25) is 0 Å². The first-order valence-corrected chi connectivity index (χ1v) is 11.8. The number of rotatable bonds is 2. The molecule has 0 saturated carbocycles. The molecule has 1 aromatic carbocycles. The van der Waals surface area contributed by atoms with Crippen LogP contribution in [0.1, 0.15) is 43.6 Å². The van der Waals surface area contributed by atoms with Crippen LogP contribution in [0.3, 0.4) is 0 Å². The molecule has 3 heterocycles. The number of benzene rings is 1. The average molecular weight is 405 g/mol. The SMILES string of the molecule is Cc1ccc2c(c1)-c1c(ssc1=S)C(C)(C)N2C(=O)CN1CCCCC1. The summed E-state index contributed by atoms with van der Waals surface area (Å²) >= 11 is 5.65. The van der Waals surface area contributed by atoms with Crippen molar-refractivity contribution in [3.05, 3.63) is 32.5 Å². The third-order valence-corrected chi connectivity index (χ3v) is 8.80. The predicted molar refractivity (Wildman–Crippen MR) is 114 cm³/mol. The quantitative estimate of drug-likeness (QED) is 0.482. The summed E-state index contributed by atoms with van der Waals surface area (Å²) in [7, 11) is 3.38. The Labute approximate surface area is 167 Å². The van der Waals surface area contributed by atoms with Gasteiger partial charge in [0.05, 0.1) is 22.6 Å². The second kappa shape index (κ2) is 6.82. The van der Waals surface area contributed by atoms with E-state index in [2.05, 4.69) is 43.9 Å². The van der Waals surface area contributed by atoms with Crippen LogP contribution < -0.4 is 4.90 Å². The number of carbonyl (C=O) groups excluding carboxylic acids is 1. The molecule has 6 heteroatoms. The van der Waals surface area contributed by atoms with Crippen molar-refractivity contribution in [2.75, 3.05) is 24.5 Å².